The molecule has 0 aliphatic heterocycles. The van der Waals surface area contributed by atoms with Gasteiger partial charge in [-0.3, -0.25) is 0 Å². The zero-order valence-corrected chi connectivity index (χ0v) is 17.9. The van der Waals surface area contributed by atoms with Gasteiger partial charge < -0.3 is 4.57 Å². The Morgan fingerprint density at radius 3 is 2.00 bits per heavy atom. The molecule has 1 heterocycles. The Hall–Kier alpha value is -4.36. The molecule has 0 unspecified atom stereocenters. The van der Waals surface area contributed by atoms with Crippen molar-refractivity contribution in [2.45, 2.75) is 0 Å². The molecule has 6 aromatic carbocycles. The molecule has 7 aromatic rings. The van der Waals surface area contributed by atoms with Gasteiger partial charge in [0.2, 0.25) is 0 Å². The van der Waals surface area contributed by atoms with Crippen LogP contribution in [-0.4, -0.2) is 4.57 Å². The summed E-state index contributed by atoms with van der Waals surface area (Å²) < 4.78 is 2.45. The molecule has 152 valence electrons. The van der Waals surface area contributed by atoms with Gasteiger partial charge in [0.15, 0.2) is 0 Å². The van der Waals surface area contributed by atoms with Crippen LogP contribution in [0.25, 0.3) is 71.3 Å². The lowest BCUT2D eigenvalue weighted by Gasteiger charge is -2.12. The van der Waals surface area contributed by atoms with Crippen LogP contribution in [-0.2, 0) is 0 Å². The quantitative estimate of drug-likeness (QED) is 0.252. The van der Waals surface area contributed by atoms with E-state index in [1.807, 2.05) is 0 Å². The predicted molar refractivity (Wildman–Crippen MR) is 140 cm³/mol. The highest BCUT2D eigenvalue weighted by Gasteiger charge is 2.26. The van der Waals surface area contributed by atoms with Crippen molar-refractivity contribution in [1.29, 1.82) is 0 Å². The van der Waals surface area contributed by atoms with E-state index in [-0.39, 0.29) is 0 Å². The van der Waals surface area contributed by atoms with E-state index in [9.17, 15) is 0 Å². The normalized spacial score (nSPS) is 12.2. The van der Waals surface area contributed by atoms with Crippen LogP contribution in [0.4, 0.5) is 0 Å². The maximum atomic E-state index is 2.45. The zero-order chi connectivity index (χ0) is 21.5. The van der Waals surface area contributed by atoms with Crippen LogP contribution in [0.15, 0.2) is 115 Å². The van der Waals surface area contributed by atoms with Gasteiger partial charge in [-0.1, -0.05) is 97.1 Å². The molecule has 0 bridgehead atoms. The zero-order valence-electron chi connectivity index (χ0n) is 17.9. The standard InChI is InChI=1S/C32H19N/c1-2-12-22-20(8-1)9-7-17-27(22)33-28-16-4-3-13-25(28)32-29(33)19-18-24-23-14-5-10-21-11-6-15-26(30(21)23)31(24)32/h1-19H. The van der Waals surface area contributed by atoms with Crippen molar-refractivity contribution in [3.8, 4) is 27.9 Å². The van der Waals surface area contributed by atoms with E-state index in [4.69, 9.17) is 0 Å². The smallest absolute Gasteiger partial charge is 0.0548 e. The first-order chi connectivity index (χ1) is 16.4. The minimum Gasteiger partial charge on any atom is -0.309 e. The van der Waals surface area contributed by atoms with Crippen molar-refractivity contribution in [3.63, 3.8) is 0 Å². The molecule has 1 aromatic heterocycles. The van der Waals surface area contributed by atoms with Gasteiger partial charge in [0.25, 0.3) is 0 Å². The number of benzene rings is 6. The second kappa shape index (κ2) is 6.11. The molecule has 0 radical (unpaired) electrons. The van der Waals surface area contributed by atoms with Crippen molar-refractivity contribution in [1.82, 2.24) is 4.57 Å². The first kappa shape index (κ1) is 17.2. The predicted octanol–water partition coefficient (Wildman–Crippen LogP) is 8.74. The molecular weight excluding hydrogens is 398 g/mol. The third kappa shape index (κ3) is 2.12. The Bertz CT molecular complexity index is 1910. The molecule has 0 saturated carbocycles. The van der Waals surface area contributed by atoms with Gasteiger partial charge in [-0.15, -0.1) is 0 Å². The van der Waals surface area contributed by atoms with Crippen molar-refractivity contribution >= 4 is 43.4 Å². The van der Waals surface area contributed by atoms with E-state index in [2.05, 4.69) is 120 Å². The molecule has 0 atom stereocenters. The second-order valence-corrected chi connectivity index (χ2v) is 8.94. The van der Waals surface area contributed by atoms with Crippen LogP contribution in [0.3, 0.4) is 0 Å². The lowest BCUT2D eigenvalue weighted by atomic mass is 9.98. The van der Waals surface area contributed by atoms with E-state index in [0.717, 1.165) is 0 Å². The molecule has 0 N–H and O–H groups in total. The van der Waals surface area contributed by atoms with E-state index >= 15 is 0 Å². The summed E-state index contributed by atoms with van der Waals surface area (Å²) in [6, 6.07) is 42.2. The monoisotopic (exact) mass is 417 g/mol. The fourth-order valence-electron chi connectivity index (χ4n) is 6.00. The van der Waals surface area contributed by atoms with E-state index in [1.165, 1.54) is 71.3 Å². The van der Waals surface area contributed by atoms with Gasteiger partial charge in [-0.2, -0.15) is 0 Å². The molecule has 1 aliphatic carbocycles. The average molecular weight is 418 g/mol. The topological polar surface area (TPSA) is 4.93 Å². The molecule has 8 rings (SSSR count). The highest BCUT2D eigenvalue weighted by Crippen LogP contribution is 2.52. The average Bonchev–Trinajstić information content (AvgIpc) is 3.38. The first-order valence-electron chi connectivity index (χ1n) is 11.5. The van der Waals surface area contributed by atoms with Crippen LogP contribution < -0.4 is 0 Å². The van der Waals surface area contributed by atoms with Crippen molar-refractivity contribution in [2.75, 3.05) is 0 Å². The number of hydrogen-bond donors (Lipinski definition) is 0. The van der Waals surface area contributed by atoms with Gasteiger partial charge in [0.1, 0.15) is 0 Å². The van der Waals surface area contributed by atoms with Gasteiger partial charge in [0, 0.05) is 21.7 Å². The van der Waals surface area contributed by atoms with Crippen molar-refractivity contribution in [2.24, 2.45) is 0 Å². The van der Waals surface area contributed by atoms with Crippen LogP contribution in [0.5, 0.6) is 0 Å². The van der Waals surface area contributed by atoms with E-state index in [0.29, 0.717) is 0 Å². The number of para-hydroxylation sites is 1. The highest BCUT2D eigenvalue weighted by molar-refractivity contribution is 6.26. The number of aromatic nitrogens is 1. The molecule has 1 heteroatoms. The highest BCUT2D eigenvalue weighted by atomic mass is 15.0. The third-order valence-electron chi connectivity index (χ3n) is 7.31. The SMILES string of the molecule is c1ccc2c(-n3c4ccccc4c4c5c(ccc43)-c3cccc4cccc-5c34)cccc2c1. The number of fused-ring (bicyclic) bond motifs is 8. The maximum absolute atomic E-state index is 2.45. The maximum Gasteiger partial charge on any atom is 0.0548 e. The molecule has 0 spiro atoms. The molecule has 0 saturated heterocycles. The van der Waals surface area contributed by atoms with E-state index < -0.39 is 0 Å². The summed E-state index contributed by atoms with van der Waals surface area (Å²) in [4.78, 5) is 0. The van der Waals surface area contributed by atoms with Crippen LogP contribution in [0.2, 0.25) is 0 Å². The number of rotatable bonds is 1. The summed E-state index contributed by atoms with van der Waals surface area (Å²) >= 11 is 0. The Morgan fingerprint density at radius 2 is 1.09 bits per heavy atom. The summed E-state index contributed by atoms with van der Waals surface area (Å²) in [7, 11) is 0. The minimum atomic E-state index is 1.23. The second-order valence-electron chi connectivity index (χ2n) is 8.94. The fourth-order valence-corrected chi connectivity index (χ4v) is 6.00. The lowest BCUT2D eigenvalue weighted by molar-refractivity contribution is 1.20. The minimum absolute atomic E-state index is 1.23. The molecule has 33 heavy (non-hydrogen) atoms. The largest absolute Gasteiger partial charge is 0.309 e. The van der Waals surface area contributed by atoms with E-state index in [1.54, 1.807) is 0 Å². The van der Waals surface area contributed by atoms with Crippen LogP contribution in [0.1, 0.15) is 0 Å². The Morgan fingerprint density at radius 1 is 0.394 bits per heavy atom. The van der Waals surface area contributed by atoms with Crippen molar-refractivity contribution in [3.05, 3.63) is 115 Å². The van der Waals surface area contributed by atoms with Gasteiger partial charge >= 0.3 is 0 Å². The Kier molecular flexibility index (Phi) is 3.19. The van der Waals surface area contributed by atoms with Gasteiger partial charge in [-0.05, 0) is 51.0 Å². The lowest BCUT2D eigenvalue weighted by Crippen LogP contribution is -1.95. The summed E-state index contributed by atoms with van der Waals surface area (Å²) in [5.41, 5.74) is 9.15. The van der Waals surface area contributed by atoms with Gasteiger partial charge in [-0.25, -0.2) is 0 Å². The molecule has 0 amide bonds. The van der Waals surface area contributed by atoms with Gasteiger partial charge in [0.05, 0.1) is 16.7 Å². The van der Waals surface area contributed by atoms with Crippen molar-refractivity contribution < 1.29 is 0 Å². The fraction of sp³-hybridized carbons (Fsp3) is 0. The summed E-state index contributed by atoms with van der Waals surface area (Å²) in [5, 5.41) is 7.88. The summed E-state index contributed by atoms with van der Waals surface area (Å²) in [5.74, 6) is 0. The molecule has 0 fully saturated rings. The number of nitrogens with zero attached hydrogens (tertiary/aromatic N) is 1. The van der Waals surface area contributed by atoms with Crippen LogP contribution in [0, 0.1) is 0 Å². The Balaban J connectivity index is 1.60. The molecule has 1 nitrogen and oxygen atoms in total. The summed E-state index contributed by atoms with van der Waals surface area (Å²) in [6.45, 7) is 0. The van der Waals surface area contributed by atoms with Crippen LogP contribution >= 0.6 is 0 Å². The molecular formula is C32H19N. The first-order valence-corrected chi connectivity index (χ1v) is 11.5. The summed E-state index contributed by atoms with van der Waals surface area (Å²) in [6.07, 6.45) is 0. The molecule has 1 aliphatic rings. The number of hydrogen-bond acceptors (Lipinski definition) is 0. The Labute approximate surface area is 191 Å². The third-order valence-corrected chi connectivity index (χ3v) is 7.31.